The number of benzene rings is 2. The average Bonchev–Trinajstić information content (AvgIpc) is 3.46. The minimum atomic E-state index is -1.07. The Morgan fingerprint density at radius 2 is 1.72 bits per heavy atom. The fourth-order valence-electron chi connectivity index (χ4n) is 4.06. The van der Waals surface area contributed by atoms with Crippen molar-refractivity contribution >= 4 is 46.3 Å². The Bertz CT molecular complexity index is 1330. The topological polar surface area (TPSA) is 98.4 Å². The third-order valence-corrected chi connectivity index (χ3v) is 6.16. The maximum atomic E-state index is 13.3. The van der Waals surface area contributed by atoms with Gasteiger partial charge in [0.15, 0.2) is 11.5 Å². The van der Waals surface area contributed by atoms with Crippen LogP contribution < -0.4 is 19.1 Å². The van der Waals surface area contributed by atoms with Crippen molar-refractivity contribution in [2.24, 2.45) is 0 Å². The highest BCUT2D eigenvalue weighted by molar-refractivity contribution is 6.51. The van der Waals surface area contributed by atoms with Gasteiger partial charge in [0.2, 0.25) is 0 Å². The second kappa shape index (κ2) is 10.2. The fourth-order valence-corrected chi connectivity index (χ4v) is 4.75. The number of ketones is 1. The zero-order valence-corrected chi connectivity index (χ0v) is 21.4. The van der Waals surface area contributed by atoms with Crippen molar-refractivity contribution in [3.63, 3.8) is 0 Å². The number of Topliss-reactive ketones (excluding diaryl/α,β-unsaturated/α-hetero) is 1. The Balaban J connectivity index is 1.91. The Labute approximate surface area is 217 Å². The Morgan fingerprint density at radius 1 is 1.06 bits per heavy atom. The largest absolute Gasteiger partial charge is 0.507 e. The quantitative estimate of drug-likeness (QED) is 0.226. The number of aliphatic hydroxyl groups excluding tert-OH is 1. The molecule has 1 aliphatic heterocycles. The molecular formula is C26H23Cl2NO7. The van der Waals surface area contributed by atoms with Gasteiger partial charge in [-0.25, -0.2) is 0 Å². The highest BCUT2D eigenvalue weighted by atomic mass is 35.5. The van der Waals surface area contributed by atoms with Crippen LogP contribution in [0.15, 0.2) is 58.7 Å². The molecule has 1 aliphatic rings. The van der Waals surface area contributed by atoms with E-state index in [1.165, 1.54) is 31.4 Å². The van der Waals surface area contributed by atoms with Crippen molar-refractivity contribution in [1.82, 2.24) is 0 Å². The Morgan fingerprint density at radius 3 is 2.28 bits per heavy atom. The van der Waals surface area contributed by atoms with Crippen LogP contribution in [-0.4, -0.2) is 37.1 Å². The van der Waals surface area contributed by atoms with Gasteiger partial charge < -0.3 is 23.7 Å². The number of nitrogens with zero attached hydrogens (tertiary/aromatic N) is 1. The molecule has 1 fully saturated rings. The first-order valence-electron chi connectivity index (χ1n) is 10.9. The number of hydrogen-bond acceptors (Lipinski definition) is 7. The number of ether oxygens (including phenoxy) is 3. The molecule has 1 saturated heterocycles. The highest BCUT2D eigenvalue weighted by Gasteiger charge is 2.48. The predicted octanol–water partition coefficient (Wildman–Crippen LogP) is 6.02. The monoisotopic (exact) mass is 531 g/mol. The molecule has 0 spiro atoms. The van der Waals surface area contributed by atoms with Crippen molar-refractivity contribution < 1.29 is 33.3 Å². The van der Waals surface area contributed by atoms with Gasteiger partial charge in [-0.3, -0.25) is 14.5 Å². The summed E-state index contributed by atoms with van der Waals surface area (Å²) in [6.45, 7) is 3.80. The number of furan rings is 1. The van der Waals surface area contributed by atoms with E-state index in [1.807, 2.05) is 13.8 Å². The van der Waals surface area contributed by atoms with E-state index in [2.05, 4.69) is 0 Å². The number of anilines is 1. The van der Waals surface area contributed by atoms with Gasteiger partial charge in [0.05, 0.1) is 42.7 Å². The van der Waals surface area contributed by atoms with Gasteiger partial charge in [0.1, 0.15) is 28.3 Å². The molecule has 0 bridgehead atoms. The summed E-state index contributed by atoms with van der Waals surface area (Å²) in [6.07, 6.45) is 1.38. The molecule has 36 heavy (non-hydrogen) atoms. The number of carbonyl (C=O) groups excluding carboxylic acids is 2. The lowest BCUT2D eigenvalue weighted by molar-refractivity contribution is -0.132. The van der Waals surface area contributed by atoms with Crippen molar-refractivity contribution in [3.8, 4) is 17.2 Å². The van der Waals surface area contributed by atoms with E-state index in [0.717, 1.165) is 0 Å². The van der Waals surface area contributed by atoms with Crippen LogP contribution in [0.3, 0.4) is 0 Å². The second-order valence-corrected chi connectivity index (χ2v) is 8.92. The smallest absolute Gasteiger partial charge is 0.300 e. The summed E-state index contributed by atoms with van der Waals surface area (Å²) in [4.78, 5) is 27.8. The van der Waals surface area contributed by atoms with Gasteiger partial charge in [0.25, 0.3) is 11.7 Å². The summed E-state index contributed by atoms with van der Waals surface area (Å²) in [5.41, 5.74) is 0.211. The maximum Gasteiger partial charge on any atom is 0.300 e. The van der Waals surface area contributed by atoms with Gasteiger partial charge in [0, 0.05) is 5.69 Å². The van der Waals surface area contributed by atoms with Crippen LogP contribution >= 0.6 is 23.2 Å². The molecule has 8 nitrogen and oxygen atoms in total. The lowest BCUT2D eigenvalue weighted by Gasteiger charge is -2.24. The first-order valence-corrected chi connectivity index (χ1v) is 11.7. The summed E-state index contributed by atoms with van der Waals surface area (Å²) in [5, 5.41) is 11.5. The third kappa shape index (κ3) is 4.38. The number of halogens is 2. The highest BCUT2D eigenvalue weighted by Crippen LogP contribution is 2.48. The third-order valence-electron chi connectivity index (χ3n) is 5.54. The molecule has 0 saturated carbocycles. The van der Waals surface area contributed by atoms with Gasteiger partial charge in [-0.2, -0.15) is 0 Å². The molecule has 1 N–H and O–H groups in total. The number of hydrogen-bond donors (Lipinski definition) is 1. The molecule has 1 atom stereocenters. The van der Waals surface area contributed by atoms with E-state index in [0.29, 0.717) is 11.4 Å². The molecule has 10 heteroatoms. The van der Waals surface area contributed by atoms with Gasteiger partial charge >= 0.3 is 0 Å². The van der Waals surface area contributed by atoms with E-state index in [9.17, 15) is 14.7 Å². The molecule has 0 radical (unpaired) electrons. The minimum Gasteiger partial charge on any atom is -0.507 e. The number of methoxy groups -OCH3 is 2. The standard InChI is InChI=1S/C26H23Cl2NO7/c1-13(2)36-15-9-7-14(8-10-15)29-21(18-6-5-11-35-18)19(23(31)26(29)32)22(30)16-12-17(27)25(34-4)20(28)24(16)33-3/h5-13,21,30H,1-4H3/b22-19-. The molecule has 4 rings (SSSR count). The average molecular weight is 532 g/mol. The fraction of sp³-hybridized carbons (Fsp3) is 0.231. The summed E-state index contributed by atoms with van der Waals surface area (Å²) < 4.78 is 21.9. The van der Waals surface area contributed by atoms with Gasteiger partial charge in [-0.15, -0.1) is 0 Å². The number of carbonyl (C=O) groups is 2. The van der Waals surface area contributed by atoms with Crippen molar-refractivity contribution in [2.75, 3.05) is 19.1 Å². The SMILES string of the molecule is COc1c(Cl)cc(/C(O)=C2/C(=O)C(=O)N(c3ccc(OC(C)C)cc3)C2c2ccco2)c(OC)c1Cl. The van der Waals surface area contributed by atoms with Crippen LogP contribution in [0.1, 0.15) is 31.2 Å². The van der Waals surface area contributed by atoms with E-state index in [4.69, 9.17) is 41.8 Å². The Kier molecular flexibility index (Phi) is 7.19. The van der Waals surface area contributed by atoms with Crippen LogP contribution in [0.4, 0.5) is 5.69 Å². The molecular weight excluding hydrogens is 509 g/mol. The molecule has 188 valence electrons. The molecule has 1 unspecified atom stereocenters. The molecule has 3 aromatic rings. The number of aliphatic hydroxyl groups is 1. The van der Waals surface area contributed by atoms with Crippen LogP contribution in [0.5, 0.6) is 17.2 Å². The molecule has 0 aliphatic carbocycles. The zero-order valence-electron chi connectivity index (χ0n) is 19.9. The summed E-state index contributed by atoms with van der Waals surface area (Å²) >= 11 is 12.7. The van der Waals surface area contributed by atoms with E-state index < -0.39 is 23.5 Å². The summed E-state index contributed by atoms with van der Waals surface area (Å²) in [7, 11) is 2.72. The van der Waals surface area contributed by atoms with Crippen LogP contribution in [0.25, 0.3) is 5.76 Å². The maximum absolute atomic E-state index is 13.3. The van der Waals surface area contributed by atoms with Crippen molar-refractivity contribution in [3.05, 3.63) is 75.7 Å². The lowest BCUT2D eigenvalue weighted by Crippen LogP contribution is -2.29. The number of rotatable bonds is 7. The first-order chi connectivity index (χ1) is 17.2. The molecule has 1 amide bonds. The van der Waals surface area contributed by atoms with Crippen LogP contribution in [-0.2, 0) is 9.59 Å². The lowest BCUT2D eigenvalue weighted by atomic mass is 9.98. The predicted molar refractivity (Wildman–Crippen MR) is 135 cm³/mol. The normalized spacial score (nSPS) is 17.1. The van der Waals surface area contributed by atoms with Crippen LogP contribution in [0, 0.1) is 0 Å². The van der Waals surface area contributed by atoms with Gasteiger partial charge in [-0.05, 0) is 56.3 Å². The summed E-state index contributed by atoms with van der Waals surface area (Å²) in [6, 6.07) is 10.2. The van der Waals surface area contributed by atoms with E-state index >= 15 is 0 Å². The minimum absolute atomic E-state index is 0.00133. The Hall–Kier alpha value is -3.62. The van der Waals surface area contributed by atoms with Crippen molar-refractivity contribution in [1.29, 1.82) is 0 Å². The van der Waals surface area contributed by atoms with Crippen LogP contribution in [0.2, 0.25) is 10.0 Å². The molecule has 2 heterocycles. The molecule has 2 aromatic carbocycles. The van der Waals surface area contributed by atoms with E-state index in [-0.39, 0.29) is 44.5 Å². The van der Waals surface area contributed by atoms with E-state index in [1.54, 1.807) is 36.4 Å². The summed E-state index contributed by atoms with van der Waals surface area (Å²) in [5.74, 6) is -1.26. The number of amides is 1. The second-order valence-electron chi connectivity index (χ2n) is 8.13. The first kappa shape index (κ1) is 25.5. The molecule has 1 aromatic heterocycles. The zero-order chi connectivity index (χ0) is 26.1. The van der Waals surface area contributed by atoms with Crippen molar-refractivity contribution in [2.45, 2.75) is 26.0 Å². The van der Waals surface area contributed by atoms with Gasteiger partial charge in [-0.1, -0.05) is 23.2 Å².